The van der Waals surface area contributed by atoms with Crippen LogP contribution in [-0.4, -0.2) is 84.6 Å². The van der Waals surface area contributed by atoms with Gasteiger partial charge in [-0.25, -0.2) is 9.97 Å². The minimum atomic E-state index is 0.106. The fraction of sp³-hybridized carbons (Fsp3) is 0.480. The number of halogens is 1. The average molecular weight is 499 g/mol. The average Bonchev–Trinajstić information content (AvgIpc) is 3.21. The lowest BCUT2D eigenvalue weighted by molar-refractivity contribution is 0.0751. The summed E-state index contributed by atoms with van der Waals surface area (Å²) >= 11 is 7.53. The summed E-state index contributed by atoms with van der Waals surface area (Å²) < 4.78 is 0. The van der Waals surface area contributed by atoms with Gasteiger partial charge in [0.05, 0.1) is 10.3 Å². The molecule has 0 bridgehead atoms. The van der Waals surface area contributed by atoms with Crippen LogP contribution in [0.4, 0.5) is 11.5 Å². The third-order valence-electron chi connectivity index (χ3n) is 6.87. The molecule has 1 amide bonds. The van der Waals surface area contributed by atoms with Gasteiger partial charge >= 0.3 is 0 Å². The van der Waals surface area contributed by atoms with Gasteiger partial charge in [-0.05, 0) is 49.7 Å². The summed E-state index contributed by atoms with van der Waals surface area (Å²) in [6.07, 6.45) is 2.83. The van der Waals surface area contributed by atoms with Crippen LogP contribution in [0.25, 0.3) is 10.2 Å². The number of carbonyl (C=O) groups is 1. The van der Waals surface area contributed by atoms with Crippen molar-refractivity contribution in [3.05, 3.63) is 46.1 Å². The van der Waals surface area contributed by atoms with Crippen molar-refractivity contribution in [2.75, 3.05) is 68.7 Å². The van der Waals surface area contributed by atoms with E-state index in [1.54, 1.807) is 6.33 Å². The molecule has 2 aliphatic rings. The third-order valence-corrected chi connectivity index (χ3v) is 8.31. The molecule has 2 aliphatic heterocycles. The van der Waals surface area contributed by atoms with Crippen LogP contribution in [0.1, 0.15) is 28.6 Å². The zero-order valence-corrected chi connectivity index (χ0v) is 21.4. The van der Waals surface area contributed by atoms with Crippen LogP contribution in [0.15, 0.2) is 30.6 Å². The van der Waals surface area contributed by atoms with Crippen molar-refractivity contribution in [3.63, 3.8) is 0 Å². The lowest BCUT2D eigenvalue weighted by atomic mass is 10.1. The van der Waals surface area contributed by atoms with E-state index in [1.807, 2.05) is 29.2 Å². The Labute approximate surface area is 209 Å². The summed E-state index contributed by atoms with van der Waals surface area (Å²) in [5, 5.41) is 1.78. The molecule has 9 heteroatoms. The van der Waals surface area contributed by atoms with Crippen molar-refractivity contribution in [3.8, 4) is 0 Å². The Morgan fingerprint density at radius 1 is 0.971 bits per heavy atom. The minimum absolute atomic E-state index is 0.106. The normalized spacial score (nSPS) is 17.6. The number of piperazine rings is 2. The largest absolute Gasteiger partial charge is 0.368 e. The van der Waals surface area contributed by atoms with Crippen LogP contribution in [-0.2, 0) is 0 Å². The topological polar surface area (TPSA) is 55.8 Å². The first-order chi connectivity index (χ1) is 16.5. The molecule has 0 atom stereocenters. The molecule has 5 rings (SSSR count). The van der Waals surface area contributed by atoms with Gasteiger partial charge in [0.25, 0.3) is 5.91 Å². The van der Waals surface area contributed by atoms with Crippen molar-refractivity contribution in [2.45, 2.75) is 20.3 Å². The van der Waals surface area contributed by atoms with E-state index in [0.29, 0.717) is 13.1 Å². The molecule has 34 heavy (non-hydrogen) atoms. The van der Waals surface area contributed by atoms with Gasteiger partial charge in [0.15, 0.2) is 0 Å². The van der Waals surface area contributed by atoms with Crippen LogP contribution >= 0.6 is 22.9 Å². The van der Waals surface area contributed by atoms with Crippen molar-refractivity contribution >= 4 is 50.6 Å². The Morgan fingerprint density at radius 2 is 1.65 bits per heavy atom. The van der Waals surface area contributed by atoms with Crippen LogP contribution in [0.5, 0.6) is 0 Å². The molecule has 4 heterocycles. The highest BCUT2D eigenvalue weighted by Crippen LogP contribution is 2.36. The molecule has 2 saturated heterocycles. The van der Waals surface area contributed by atoms with Crippen molar-refractivity contribution in [1.82, 2.24) is 19.8 Å². The molecule has 0 saturated carbocycles. The quantitative estimate of drug-likeness (QED) is 0.527. The zero-order valence-electron chi connectivity index (χ0n) is 19.8. The number of hydrogen-bond acceptors (Lipinski definition) is 7. The molecule has 7 nitrogen and oxygen atoms in total. The summed E-state index contributed by atoms with van der Waals surface area (Å²) in [6, 6.07) is 7.91. The molecule has 1 aromatic carbocycles. The lowest BCUT2D eigenvalue weighted by Crippen LogP contribution is -2.48. The lowest BCUT2D eigenvalue weighted by Gasteiger charge is -2.36. The Kier molecular flexibility index (Phi) is 6.90. The van der Waals surface area contributed by atoms with Gasteiger partial charge in [-0.15, -0.1) is 11.3 Å². The maximum atomic E-state index is 13.5. The molecule has 180 valence electrons. The molecule has 2 fully saturated rings. The van der Waals surface area contributed by atoms with E-state index in [-0.39, 0.29) is 5.91 Å². The number of hydrogen-bond donors (Lipinski definition) is 0. The molecule has 0 N–H and O–H groups in total. The van der Waals surface area contributed by atoms with Crippen molar-refractivity contribution in [1.29, 1.82) is 0 Å². The minimum Gasteiger partial charge on any atom is -0.368 e. The van der Waals surface area contributed by atoms with E-state index < -0.39 is 0 Å². The van der Waals surface area contributed by atoms with Gasteiger partial charge in [-0.1, -0.05) is 18.5 Å². The van der Waals surface area contributed by atoms with E-state index in [9.17, 15) is 4.79 Å². The van der Waals surface area contributed by atoms with Gasteiger partial charge in [0.1, 0.15) is 17.0 Å². The van der Waals surface area contributed by atoms with E-state index in [2.05, 4.69) is 38.5 Å². The number of aryl methyl sites for hydroxylation is 1. The highest BCUT2D eigenvalue weighted by Gasteiger charge is 2.28. The van der Waals surface area contributed by atoms with Crippen molar-refractivity contribution in [2.24, 2.45) is 0 Å². The van der Waals surface area contributed by atoms with E-state index in [1.165, 1.54) is 17.8 Å². The maximum absolute atomic E-state index is 13.5. The number of aromatic nitrogens is 2. The van der Waals surface area contributed by atoms with Gasteiger partial charge in [0.2, 0.25) is 0 Å². The Hall–Kier alpha value is -2.42. The number of thiophene rings is 1. The third kappa shape index (κ3) is 4.59. The predicted molar refractivity (Wildman–Crippen MR) is 141 cm³/mol. The van der Waals surface area contributed by atoms with Crippen LogP contribution in [0, 0.1) is 6.92 Å². The monoisotopic (exact) mass is 498 g/mol. The summed E-state index contributed by atoms with van der Waals surface area (Å²) in [5.41, 5.74) is 2.16. The van der Waals surface area contributed by atoms with E-state index in [0.717, 1.165) is 83.0 Å². The second kappa shape index (κ2) is 10.1. The molecule has 0 spiro atoms. The molecular formula is C25H31ClN6OS. The van der Waals surface area contributed by atoms with Gasteiger partial charge in [-0.3, -0.25) is 9.69 Å². The summed E-state index contributed by atoms with van der Waals surface area (Å²) in [7, 11) is 0. The highest BCUT2D eigenvalue weighted by atomic mass is 35.5. The fourth-order valence-electron chi connectivity index (χ4n) is 4.96. The molecule has 2 aromatic heterocycles. The first kappa shape index (κ1) is 23.3. The smallest absolute Gasteiger partial charge is 0.264 e. The van der Waals surface area contributed by atoms with Crippen molar-refractivity contribution < 1.29 is 4.79 Å². The SMILES string of the molecule is CCCN1CCN(c2ncnc3sc(C(=O)N4CCN(c5ccc(Cl)cc5)CC4)c(C)c23)CC1. The molecule has 0 radical (unpaired) electrons. The van der Waals surface area contributed by atoms with Crippen LogP contribution in [0.3, 0.4) is 0 Å². The first-order valence-corrected chi connectivity index (χ1v) is 13.3. The standard InChI is InChI=1S/C25H31ClN6OS/c1-3-8-29-9-11-31(12-10-29)23-21-18(2)22(34-24(21)28-17-27-23)25(33)32-15-13-30(14-16-32)20-6-4-19(26)5-7-20/h4-7,17H,3,8-16H2,1-2H3. The zero-order chi connectivity index (χ0) is 23.7. The Bertz CT molecular complexity index is 1150. The fourth-order valence-corrected chi connectivity index (χ4v) is 6.20. The highest BCUT2D eigenvalue weighted by molar-refractivity contribution is 7.20. The number of fused-ring (bicyclic) bond motifs is 1. The Balaban J connectivity index is 1.31. The molecule has 0 aliphatic carbocycles. The first-order valence-electron chi connectivity index (χ1n) is 12.1. The summed E-state index contributed by atoms with van der Waals surface area (Å²) in [4.78, 5) is 33.5. The predicted octanol–water partition coefficient (Wildman–Crippen LogP) is 4.15. The number of rotatable bonds is 5. The number of nitrogens with zero attached hydrogens (tertiary/aromatic N) is 6. The second-order valence-electron chi connectivity index (χ2n) is 9.02. The maximum Gasteiger partial charge on any atom is 0.264 e. The summed E-state index contributed by atoms with van der Waals surface area (Å²) in [5.74, 6) is 1.08. The molecule has 0 unspecified atom stereocenters. The molecular weight excluding hydrogens is 468 g/mol. The van der Waals surface area contributed by atoms with Crippen LogP contribution < -0.4 is 9.80 Å². The van der Waals surface area contributed by atoms with Gasteiger partial charge in [-0.2, -0.15) is 0 Å². The van der Waals surface area contributed by atoms with E-state index in [4.69, 9.17) is 11.6 Å². The molecule has 3 aromatic rings. The van der Waals surface area contributed by atoms with Gasteiger partial charge in [0, 0.05) is 63.1 Å². The van der Waals surface area contributed by atoms with Gasteiger partial charge < -0.3 is 14.7 Å². The van der Waals surface area contributed by atoms with Crippen LogP contribution in [0.2, 0.25) is 5.02 Å². The Morgan fingerprint density at radius 3 is 2.32 bits per heavy atom. The number of carbonyl (C=O) groups excluding carboxylic acids is 1. The summed E-state index contributed by atoms with van der Waals surface area (Å²) in [6.45, 7) is 12.5. The van der Waals surface area contributed by atoms with E-state index >= 15 is 0 Å². The number of anilines is 2. The number of amides is 1. The number of benzene rings is 1. The second-order valence-corrected chi connectivity index (χ2v) is 10.5.